The molecule has 0 saturated carbocycles. The Kier molecular flexibility index (Phi) is 3.67. The van der Waals surface area contributed by atoms with Gasteiger partial charge in [0.2, 0.25) is 0 Å². The number of nitro groups is 1. The van der Waals surface area contributed by atoms with Gasteiger partial charge in [0.25, 0.3) is 23.3 Å². The second-order valence-electron chi connectivity index (χ2n) is 5.76. The van der Waals surface area contributed by atoms with E-state index in [-0.39, 0.29) is 35.8 Å². The number of nitrogens with zero attached hydrogens (tertiary/aromatic N) is 1. The summed E-state index contributed by atoms with van der Waals surface area (Å²) in [5.74, 6) is -2.76. The summed E-state index contributed by atoms with van der Waals surface area (Å²) in [4.78, 5) is 35.5. The van der Waals surface area contributed by atoms with E-state index in [0.717, 1.165) is 0 Å². The van der Waals surface area contributed by atoms with E-state index < -0.39 is 22.5 Å². The predicted octanol–water partition coefficient (Wildman–Crippen LogP) is 2.00. The number of rotatable bonds is 3. The van der Waals surface area contributed by atoms with Crippen molar-refractivity contribution in [1.82, 2.24) is 0 Å². The maximum atomic E-state index is 12.4. The first-order valence-corrected chi connectivity index (χ1v) is 7.80. The largest absolute Gasteiger partial charge is 0.336 e. The SMILES string of the molecule is O=C(Nc1cc([N+](=O)[O-])cc2c1NC(=O)C21OCCO1)c1ccccc1. The van der Waals surface area contributed by atoms with Gasteiger partial charge < -0.3 is 20.1 Å². The lowest BCUT2D eigenvalue weighted by atomic mass is 10.0. The number of nitrogens with one attached hydrogen (secondary N) is 2. The maximum Gasteiger partial charge on any atom is 0.290 e. The first-order valence-electron chi connectivity index (χ1n) is 7.80. The summed E-state index contributed by atoms with van der Waals surface area (Å²) >= 11 is 0. The number of carbonyl (C=O) groups is 2. The van der Waals surface area contributed by atoms with Crippen LogP contribution in [-0.4, -0.2) is 30.0 Å². The molecule has 0 aromatic heterocycles. The number of benzene rings is 2. The number of nitro benzene ring substituents is 1. The zero-order valence-electron chi connectivity index (χ0n) is 13.4. The van der Waals surface area contributed by atoms with Gasteiger partial charge in [-0.2, -0.15) is 0 Å². The molecule has 2 aliphatic heterocycles. The van der Waals surface area contributed by atoms with E-state index in [0.29, 0.717) is 5.56 Å². The summed E-state index contributed by atoms with van der Waals surface area (Å²) in [6.07, 6.45) is 0. The van der Waals surface area contributed by atoms with Gasteiger partial charge in [0, 0.05) is 17.7 Å². The van der Waals surface area contributed by atoms with Crippen molar-refractivity contribution in [2.75, 3.05) is 23.8 Å². The summed E-state index contributed by atoms with van der Waals surface area (Å²) in [6, 6.07) is 10.8. The topological polar surface area (TPSA) is 120 Å². The van der Waals surface area contributed by atoms with Crippen molar-refractivity contribution in [2.24, 2.45) is 0 Å². The predicted molar refractivity (Wildman–Crippen MR) is 89.7 cm³/mol. The average molecular weight is 355 g/mol. The lowest BCUT2D eigenvalue weighted by Gasteiger charge is -2.19. The second kappa shape index (κ2) is 5.90. The third-order valence-corrected chi connectivity index (χ3v) is 4.20. The number of anilines is 2. The molecule has 2 aromatic rings. The first kappa shape index (κ1) is 16.2. The Bertz CT molecular complexity index is 922. The number of non-ortho nitro benzene ring substituents is 1. The lowest BCUT2D eigenvalue weighted by molar-refractivity contribution is -0.385. The summed E-state index contributed by atoms with van der Waals surface area (Å²) < 4.78 is 10.9. The van der Waals surface area contributed by atoms with E-state index in [1.165, 1.54) is 12.1 Å². The smallest absolute Gasteiger partial charge is 0.290 e. The van der Waals surface area contributed by atoms with Crippen molar-refractivity contribution in [3.63, 3.8) is 0 Å². The maximum absolute atomic E-state index is 12.4. The molecule has 26 heavy (non-hydrogen) atoms. The Morgan fingerprint density at radius 1 is 1.19 bits per heavy atom. The molecule has 0 unspecified atom stereocenters. The van der Waals surface area contributed by atoms with Gasteiger partial charge in [0.1, 0.15) is 0 Å². The molecule has 2 aromatic carbocycles. The quantitative estimate of drug-likeness (QED) is 0.642. The minimum absolute atomic E-state index is 0.104. The molecule has 1 saturated heterocycles. The van der Waals surface area contributed by atoms with Crippen LogP contribution in [-0.2, 0) is 20.1 Å². The summed E-state index contributed by atoms with van der Waals surface area (Å²) in [7, 11) is 0. The van der Waals surface area contributed by atoms with Crippen molar-refractivity contribution in [3.8, 4) is 0 Å². The van der Waals surface area contributed by atoms with Gasteiger partial charge in [-0.3, -0.25) is 19.7 Å². The van der Waals surface area contributed by atoms with Gasteiger partial charge in [-0.1, -0.05) is 18.2 Å². The highest BCUT2D eigenvalue weighted by Gasteiger charge is 2.54. The molecule has 2 aliphatic rings. The van der Waals surface area contributed by atoms with Crippen LogP contribution in [0.3, 0.4) is 0 Å². The van der Waals surface area contributed by atoms with Crippen LogP contribution in [0.4, 0.5) is 17.1 Å². The van der Waals surface area contributed by atoms with Crippen LogP contribution in [0.5, 0.6) is 0 Å². The molecule has 132 valence electrons. The van der Waals surface area contributed by atoms with Crippen LogP contribution in [0, 0.1) is 10.1 Å². The Balaban J connectivity index is 1.80. The van der Waals surface area contributed by atoms with Crippen molar-refractivity contribution in [1.29, 1.82) is 0 Å². The van der Waals surface area contributed by atoms with Gasteiger partial charge in [0.05, 0.1) is 35.1 Å². The Morgan fingerprint density at radius 3 is 2.54 bits per heavy atom. The van der Waals surface area contributed by atoms with Gasteiger partial charge in [-0.05, 0) is 12.1 Å². The molecule has 2 heterocycles. The van der Waals surface area contributed by atoms with Crippen molar-refractivity contribution in [3.05, 3.63) is 63.7 Å². The molecule has 1 fully saturated rings. The fourth-order valence-electron chi connectivity index (χ4n) is 3.03. The highest BCUT2D eigenvalue weighted by atomic mass is 16.7. The zero-order chi connectivity index (χ0) is 18.3. The Hall–Kier alpha value is -3.30. The number of hydrogen-bond acceptors (Lipinski definition) is 6. The van der Waals surface area contributed by atoms with E-state index in [4.69, 9.17) is 9.47 Å². The molecule has 2 N–H and O–H groups in total. The fourth-order valence-corrected chi connectivity index (χ4v) is 3.03. The van der Waals surface area contributed by atoms with E-state index in [9.17, 15) is 19.7 Å². The summed E-state index contributed by atoms with van der Waals surface area (Å²) in [6.45, 7) is 0.364. The number of hydrogen-bond donors (Lipinski definition) is 2. The number of fused-ring (bicyclic) bond motifs is 2. The van der Waals surface area contributed by atoms with Gasteiger partial charge in [0.15, 0.2) is 0 Å². The molecule has 0 atom stereocenters. The van der Waals surface area contributed by atoms with E-state index in [1.54, 1.807) is 30.3 Å². The highest BCUT2D eigenvalue weighted by Crippen LogP contribution is 2.47. The second-order valence-corrected chi connectivity index (χ2v) is 5.76. The van der Waals surface area contributed by atoms with Crippen molar-refractivity contribution in [2.45, 2.75) is 5.79 Å². The third-order valence-electron chi connectivity index (χ3n) is 4.20. The molecule has 9 heteroatoms. The van der Waals surface area contributed by atoms with Crippen LogP contribution in [0.1, 0.15) is 15.9 Å². The summed E-state index contributed by atoms with van der Waals surface area (Å²) in [5, 5.41) is 16.5. The third kappa shape index (κ3) is 2.41. The molecule has 4 rings (SSSR count). The summed E-state index contributed by atoms with van der Waals surface area (Å²) in [5.41, 5.74) is 0.596. The fraction of sp³-hybridized carbons (Fsp3) is 0.176. The van der Waals surface area contributed by atoms with Crippen LogP contribution in [0.15, 0.2) is 42.5 Å². The van der Waals surface area contributed by atoms with E-state index in [1.807, 2.05) is 0 Å². The standard InChI is InChI=1S/C17H13N3O6/c21-15(10-4-2-1-3-5-10)18-13-9-11(20(23)24)8-12-14(13)19-16(22)17(12)25-6-7-26-17/h1-5,8-9H,6-7H2,(H,18,21)(H,19,22). The molecule has 0 aliphatic carbocycles. The lowest BCUT2D eigenvalue weighted by Crippen LogP contribution is -2.35. The molecule has 2 amide bonds. The Morgan fingerprint density at radius 2 is 1.88 bits per heavy atom. The molecule has 9 nitrogen and oxygen atoms in total. The molecule has 0 radical (unpaired) electrons. The Labute approximate surface area is 147 Å². The van der Waals surface area contributed by atoms with E-state index in [2.05, 4.69) is 10.6 Å². The minimum Gasteiger partial charge on any atom is -0.336 e. The number of amides is 2. The average Bonchev–Trinajstić information content (AvgIpc) is 3.23. The van der Waals surface area contributed by atoms with E-state index >= 15 is 0 Å². The van der Waals surface area contributed by atoms with Crippen molar-refractivity contribution >= 4 is 28.9 Å². The molecular weight excluding hydrogens is 342 g/mol. The first-order chi connectivity index (χ1) is 12.5. The van der Waals surface area contributed by atoms with Crippen LogP contribution in [0.25, 0.3) is 0 Å². The molecule has 1 spiro atoms. The highest BCUT2D eigenvalue weighted by molar-refractivity contribution is 6.12. The monoisotopic (exact) mass is 355 g/mol. The van der Waals surface area contributed by atoms with Gasteiger partial charge >= 0.3 is 0 Å². The van der Waals surface area contributed by atoms with Gasteiger partial charge in [-0.15, -0.1) is 0 Å². The van der Waals surface area contributed by atoms with Gasteiger partial charge in [-0.25, -0.2) is 0 Å². The number of carbonyl (C=O) groups excluding carboxylic acids is 2. The van der Waals surface area contributed by atoms with Crippen molar-refractivity contribution < 1.29 is 24.0 Å². The zero-order valence-corrected chi connectivity index (χ0v) is 13.4. The number of ether oxygens (including phenoxy) is 2. The van der Waals surface area contributed by atoms with Crippen LogP contribution < -0.4 is 10.6 Å². The van der Waals surface area contributed by atoms with Crippen LogP contribution >= 0.6 is 0 Å². The van der Waals surface area contributed by atoms with Crippen LogP contribution in [0.2, 0.25) is 0 Å². The molecule has 0 bridgehead atoms. The normalized spacial score (nSPS) is 17.0. The molecular formula is C17H13N3O6. The minimum atomic E-state index is -1.71.